The largest absolute Gasteiger partial charge is 0.327 e. The number of hydrogen-bond acceptors (Lipinski definition) is 2. The summed E-state index contributed by atoms with van der Waals surface area (Å²) in [5, 5.41) is 2.67. The number of rotatable bonds is 2. The first-order valence-electron chi connectivity index (χ1n) is 4.03. The van der Waals surface area contributed by atoms with E-state index in [9.17, 15) is 4.79 Å². The highest BCUT2D eigenvalue weighted by Gasteiger charge is 2.07. The summed E-state index contributed by atoms with van der Waals surface area (Å²) >= 11 is 0. The maximum Gasteiger partial charge on any atom is 0.327 e. The summed E-state index contributed by atoms with van der Waals surface area (Å²) in [6.07, 6.45) is 10.4. The van der Waals surface area contributed by atoms with Crippen molar-refractivity contribution in [3.8, 4) is 12.3 Å². The minimum absolute atomic E-state index is 0.213. The first kappa shape index (κ1) is 9.33. The summed E-state index contributed by atoms with van der Waals surface area (Å²) < 4.78 is 1.35. The van der Waals surface area contributed by atoms with Crippen molar-refractivity contribution in [2.75, 3.05) is 0 Å². The maximum atomic E-state index is 11.4. The third-order valence-corrected chi connectivity index (χ3v) is 1.65. The van der Waals surface area contributed by atoms with Gasteiger partial charge in [-0.1, -0.05) is 12.8 Å². The van der Waals surface area contributed by atoms with Gasteiger partial charge in [0.1, 0.15) is 6.33 Å². The lowest BCUT2D eigenvalue weighted by Crippen LogP contribution is -2.35. The van der Waals surface area contributed by atoms with Crippen LogP contribution in [0.4, 0.5) is 4.79 Å². The Hall–Kier alpha value is -1.76. The highest BCUT2D eigenvalue weighted by atomic mass is 16.2. The van der Waals surface area contributed by atoms with Crippen LogP contribution in [0.15, 0.2) is 18.7 Å². The van der Waals surface area contributed by atoms with Crippen LogP contribution in [0.25, 0.3) is 0 Å². The zero-order valence-corrected chi connectivity index (χ0v) is 7.40. The molecule has 1 aromatic rings. The number of aromatic nitrogens is 2. The number of imidazole rings is 1. The fourth-order valence-electron chi connectivity index (χ4n) is 0.864. The summed E-state index contributed by atoms with van der Waals surface area (Å²) in [5.74, 6) is 2.48. The van der Waals surface area contributed by atoms with E-state index < -0.39 is 0 Å². The van der Waals surface area contributed by atoms with Crippen LogP contribution in [0, 0.1) is 12.3 Å². The second-order valence-corrected chi connectivity index (χ2v) is 2.55. The van der Waals surface area contributed by atoms with E-state index in [-0.39, 0.29) is 12.1 Å². The molecule has 4 heteroatoms. The predicted octanol–water partition coefficient (Wildman–Crippen LogP) is 0.853. The summed E-state index contributed by atoms with van der Waals surface area (Å²) in [6.45, 7) is 1.92. The maximum absolute atomic E-state index is 11.4. The third kappa shape index (κ3) is 2.34. The van der Waals surface area contributed by atoms with Crippen molar-refractivity contribution in [2.24, 2.45) is 0 Å². The first-order chi connectivity index (χ1) is 6.27. The molecule has 1 rings (SSSR count). The van der Waals surface area contributed by atoms with Crippen molar-refractivity contribution >= 4 is 6.03 Å². The molecule has 68 valence electrons. The van der Waals surface area contributed by atoms with Gasteiger partial charge in [0.15, 0.2) is 0 Å². The molecule has 0 radical (unpaired) electrons. The molecule has 1 amide bonds. The lowest BCUT2D eigenvalue weighted by molar-refractivity contribution is 0.240. The van der Waals surface area contributed by atoms with Gasteiger partial charge in [-0.05, 0) is 6.42 Å². The van der Waals surface area contributed by atoms with E-state index in [2.05, 4.69) is 16.2 Å². The second kappa shape index (κ2) is 4.31. The predicted molar refractivity (Wildman–Crippen MR) is 49.1 cm³/mol. The Balaban J connectivity index is 2.57. The Morgan fingerprint density at radius 1 is 1.85 bits per heavy atom. The Morgan fingerprint density at radius 3 is 3.08 bits per heavy atom. The highest BCUT2D eigenvalue weighted by molar-refractivity contribution is 5.77. The summed E-state index contributed by atoms with van der Waals surface area (Å²) in [5.41, 5.74) is 0. The fraction of sp³-hybridized carbons (Fsp3) is 0.333. The molecule has 0 saturated heterocycles. The van der Waals surface area contributed by atoms with Crippen LogP contribution in [-0.2, 0) is 0 Å². The first-order valence-corrected chi connectivity index (χ1v) is 4.03. The van der Waals surface area contributed by atoms with Gasteiger partial charge in [0.05, 0.1) is 6.04 Å². The molecule has 1 unspecified atom stereocenters. The van der Waals surface area contributed by atoms with Crippen LogP contribution in [0.1, 0.15) is 13.3 Å². The minimum atomic E-state index is -0.248. The number of carbonyl (C=O) groups excluding carboxylic acids is 1. The van der Waals surface area contributed by atoms with Crippen LogP contribution >= 0.6 is 0 Å². The number of nitrogens with one attached hydrogen (secondary N) is 1. The summed E-state index contributed by atoms with van der Waals surface area (Å²) in [6, 6.07) is -0.461. The van der Waals surface area contributed by atoms with E-state index in [0.29, 0.717) is 0 Å². The molecule has 0 bridgehead atoms. The third-order valence-electron chi connectivity index (χ3n) is 1.65. The lowest BCUT2D eigenvalue weighted by Gasteiger charge is -2.09. The molecule has 0 aliphatic heterocycles. The molecule has 1 heterocycles. The van der Waals surface area contributed by atoms with E-state index in [1.807, 2.05) is 6.92 Å². The molecule has 1 N–H and O–H groups in total. The van der Waals surface area contributed by atoms with Gasteiger partial charge in [-0.2, -0.15) is 0 Å². The molecule has 0 fully saturated rings. The van der Waals surface area contributed by atoms with Crippen molar-refractivity contribution in [3.05, 3.63) is 18.7 Å². The number of carbonyl (C=O) groups is 1. The van der Waals surface area contributed by atoms with Crippen LogP contribution in [0.3, 0.4) is 0 Å². The number of amides is 1. The summed E-state index contributed by atoms with van der Waals surface area (Å²) in [4.78, 5) is 15.1. The van der Waals surface area contributed by atoms with E-state index >= 15 is 0 Å². The monoisotopic (exact) mass is 177 g/mol. The Bertz CT molecular complexity index is 310. The molecule has 0 aromatic carbocycles. The standard InChI is InChI=1S/C9H11N3O/c1-3-8(4-2)11-9(13)12-6-5-10-7-12/h1,5-8H,4H2,2H3,(H,11,13). The zero-order valence-electron chi connectivity index (χ0n) is 7.40. The van der Waals surface area contributed by atoms with Gasteiger partial charge in [0.25, 0.3) is 0 Å². The van der Waals surface area contributed by atoms with Gasteiger partial charge < -0.3 is 5.32 Å². The zero-order chi connectivity index (χ0) is 9.68. The van der Waals surface area contributed by atoms with Crippen molar-refractivity contribution < 1.29 is 4.79 Å². The van der Waals surface area contributed by atoms with Crippen molar-refractivity contribution in [3.63, 3.8) is 0 Å². The number of hydrogen-bond donors (Lipinski definition) is 1. The lowest BCUT2D eigenvalue weighted by atomic mass is 10.2. The molecule has 4 nitrogen and oxygen atoms in total. The molecule has 13 heavy (non-hydrogen) atoms. The molecule has 0 aliphatic rings. The van der Waals surface area contributed by atoms with Gasteiger partial charge in [-0.3, -0.25) is 4.57 Å². The Labute approximate surface area is 77.0 Å². The Kier molecular flexibility index (Phi) is 3.09. The molecule has 0 saturated carbocycles. The number of terminal acetylenes is 1. The van der Waals surface area contributed by atoms with Gasteiger partial charge in [-0.15, -0.1) is 6.42 Å². The minimum Gasteiger partial charge on any atom is -0.324 e. The van der Waals surface area contributed by atoms with E-state index in [0.717, 1.165) is 6.42 Å². The van der Waals surface area contributed by atoms with Crippen LogP contribution in [0.5, 0.6) is 0 Å². The SMILES string of the molecule is C#CC(CC)NC(=O)n1ccnc1. The van der Waals surface area contributed by atoms with E-state index in [1.165, 1.54) is 17.1 Å². The van der Waals surface area contributed by atoms with Crippen molar-refractivity contribution in [1.29, 1.82) is 0 Å². The molecule has 0 aliphatic carbocycles. The molecular weight excluding hydrogens is 166 g/mol. The van der Waals surface area contributed by atoms with Gasteiger partial charge in [0, 0.05) is 12.4 Å². The highest BCUT2D eigenvalue weighted by Crippen LogP contribution is 1.91. The topological polar surface area (TPSA) is 46.9 Å². The van der Waals surface area contributed by atoms with E-state index in [4.69, 9.17) is 6.42 Å². The normalized spacial score (nSPS) is 11.7. The fourth-order valence-corrected chi connectivity index (χ4v) is 0.864. The average molecular weight is 177 g/mol. The van der Waals surface area contributed by atoms with Gasteiger partial charge in [-0.25, -0.2) is 9.78 Å². The van der Waals surface area contributed by atoms with E-state index in [1.54, 1.807) is 6.20 Å². The second-order valence-electron chi connectivity index (χ2n) is 2.55. The quantitative estimate of drug-likeness (QED) is 0.681. The van der Waals surface area contributed by atoms with Gasteiger partial charge in [0.2, 0.25) is 0 Å². The molecular formula is C9H11N3O. The van der Waals surface area contributed by atoms with Crippen molar-refractivity contribution in [1.82, 2.24) is 14.9 Å². The van der Waals surface area contributed by atoms with Crippen LogP contribution in [0.2, 0.25) is 0 Å². The van der Waals surface area contributed by atoms with Gasteiger partial charge >= 0.3 is 6.03 Å². The molecule has 0 spiro atoms. The summed E-state index contributed by atoms with van der Waals surface area (Å²) in [7, 11) is 0. The number of nitrogens with zero attached hydrogens (tertiary/aromatic N) is 2. The van der Waals surface area contributed by atoms with Crippen LogP contribution in [-0.4, -0.2) is 21.6 Å². The smallest absolute Gasteiger partial charge is 0.324 e. The average Bonchev–Trinajstić information content (AvgIpc) is 2.66. The molecule has 1 aromatic heterocycles. The van der Waals surface area contributed by atoms with Crippen molar-refractivity contribution in [2.45, 2.75) is 19.4 Å². The Morgan fingerprint density at radius 2 is 2.62 bits per heavy atom. The molecule has 1 atom stereocenters. The van der Waals surface area contributed by atoms with Crippen LogP contribution < -0.4 is 5.32 Å².